The Hall–Kier alpha value is -0.120. The highest BCUT2D eigenvalue weighted by atomic mass is 15.2. The Bertz CT molecular complexity index is 137. The van der Waals surface area contributed by atoms with Crippen LogP contribution in [0.4, 0.5) is 0 Å². The second-order valence-corrected chi connectivity index (χ2v) is 4.53. The van der Waals surface area contributed by atoms with Gasteiger partial charge in [-0.1, -0.05) is 6.92 Å². The molecule has 3 nitrogen and oxygen atoms in total. The van der Waals surface area contributed by atoms with Gasteiger partial charge < -0.3 is 15.1 Å². The van der Waals surface area contributed by atoms with E-state index in [1.54, 1.807) is 0 Å². The lowest BCUT2D eigenvalue weighted by Gasteiger charge is -2.28. The largest absolute Gasteiger partial charge is 0.320 e. The van der Waals surface area contributed by atoms with E-state index in [2.05, 4.69) is 43.1 Å². The van der Waals surface area contributed by atoms with Crippen molar-refractivity contribution in [2.45, 2.75) is 32.7 Å². The fourth-order valence-corrected chi connectivity index (χ4v) is 1.82. The standard InChI is InChI=1S/C12H29N3/c1-6-15(11-7-10-14(4)5)12(2)8-9-13-3/h12-13H,6-11H2,1-5H3. The predicted octanol–water partition coefficient (Wildman–Crippen LogP) is 1.26. The second kappa shape index (κ2) is 9.13. The summed E-state index contributed by atoms with van der Waals surface area (Å²) >= 11 is 0. The lowest BCUT2D eigenvalue weighted by molar-refractivity contribution is 0.199. The van der Waals surface area contributed by atoms with Gasteiger partial charge in [0.1, 0.15) is 0 Å². The third-order valence-electron chi connectivity index (χ3n) is 2.89. The Morgan fingerprint density at radius 3 is 2.33 bits per heavy atom. The maximum atomic E-state index is 3.22. The van der Waals surface area contributed by atoms with Gasteiger partial charge in [-0.2, -0.15) is 0 Å². The van der Waals surface area contributed by atoms with Crippen LogP contribution in [0.15, 0.2) is 0 Å². The van der Waals surface area contributed by atoms with Gasteiger partial charge in [0.2, 0.25) is 0 Å². The van der Waals surface area contributed by atoms with Gasteiger partial charge in [-0.15, -0.1) is 0 Å². The van der Waals surface area contributed by atoms with Crippen LogP contribution in [-0.4, -0.2) is 63.2 Å². The average molecular weight is 215 g/mol. The van der Waals surface area contributed by atoms with E-state index < -0.39 is 0 Å². The van der Waals surface area contributed by atoms with Gasteiger partial charge in [0.15, 0.2) is 0 Å². The molecular weight excluding hydrogens is 186 g/mol. The van der Waals surface area contributed by atoms with Gasteiger partial charge in [0.05, 0.1) is 0 Å². The topological polar surface area (TPSA) is 18.5 Å². The summed E-state index contributed by atoms with van der Waals surface area (Å²) in [7, 11) is 6.30. The maximum absolute atomic E-state index is 3.22. The zero-order chi connectivity index (χ0) is 11.7. The van der Waals surface area contributed by atoms with Crippen molar-refractivity contribution in [3.63, 3.8) is 0 Å². The molecule has 0 aliphatic rings. The Morgan fingerprint density at radius 1 is 1.20 bits per heavy atom. The number of nitrogens with one attached hydrogen (secondary N) is 1. The Morgan fingerprint density at radius 2 is 1.87 bits per heavy atom. The quantitative estimate of drug-likeness (QED) is 0.625. The molecule has 92 valence electrons. The van der Waals surface area contributed by atoms with Crippen molar-refractivity contribution in [3.05, 3.63) is 0 Å². The first-order valence-electron chi connectivity index (χ1n) is 6.15. The molecule has 15 heavy (non-hydrogen) atoms. The van der Waals surface area contributed by atoms with E-state index in [0.717, 1.165) is 13.1 Å². The molecule has 0 spiro atoms. The van der Waals surface area contributed by atoms with Crippen molar-refractivity contribution < 1.29 is 0 Å². The number of hydrogen-bond acceptors (Lipinski definition) is 3. The Kier molecular flexibility index (Phi) is 9.06. The minimum Gasteiger partial charge on any atom is -0.320 e. The molecule has 0 aliphatic heterocycles. The molecule has 0 bridgehead atoms. The van der Waals surface area contributed by atoms with Gasteiger partial charge in [-0.3, -0.25) is 0 Å². The van der Waals surface area contributed by atoms with Gasteiger partial charge >= 0.3 is 0 Å². The normalized spacial score (nSPS) is 13.8. The monoisotopic (exact) mass is 215 g/mol. The molecule has 0 rings (SSSR count). The lowest BCUT2D eigenvalue weighted by Crippen LogP contribution is -2.36. The molecule has 1 unspecified atom stereocenters. The molecular formula is C12H29N3. The average Bonchev–Trinajstić information content (AvgIpc) is 2.20. The first kappa shape index (κ1) is 14.9. The van der Waals surface area contributed by atoms with Crippen LogP contribution in [0, 0.1) is 0 Å². The summed E-state index contributed by atoms with van der Waals surface area (Å²) in [5.41, 5.74) is 0. The van der Waals surface area contributed by atoms with Crippen molar-refractivity contribution in [1.82, 2.24) is 15.1 Å². The van der Waals surface area contributed by atoms with E-state index in [0.29, 0.717) is 6.04 Å². The minimum absolute atomic E-state index is 0.699. The zero-order valence-corrected chi connectivity index (χ0v) is 11.2. The smallest absolute Gasteiger partial charge is 0.00789 e. The van der Waals surface area contributed by atoms with Crippen molar-refractivity contribution in [3.8, 4) is 0 Å². The van der Waals surface area contributed by atoms with Crippen LogP contribution >= 0.6 is 0 Å². The molecule has 0 aromatic carbocycles. The van der Waals surface area contributed by atoms with Gasteiger partial charge in [-0.05, 0) is 67.1 Å². The van der Waals surface area contributed by atoms with Gasteiger partial charge in [-0.25, -0.2) is 0 Å². The molecule has 0 saturated carbocycles. The van der Waals surface area contributed by atoms with Crippen LogP contribution in [0.25, 0.3) is 0 Å². The van der Waals surface area contributed by atoms with Crippen molar-refractivity contribution >= 4 is 0 Å². The molecule has 0 heterocycles. The summed E-state index contributed by atoms with van der Waals surface area (Å²) < 4.78 is 0. The molecule has 0 amide bonds. The lowest BCUT2D eigenvalue weighted by atomic mass is 10.2. The summed E-state index contributed by atoms with van der Waals surface area (Å²) in [5, 5.41) is 3.22. The molecule has 1 N–H and O–H groups in total. The van der Waals surface area contributed by atoms with Crippen LogP contribution in [0.2, 0.25) is 0 Å². The summed E-state index contributed by atoms with van der Waals surface area (Å²) in [6, 6.07) is 0.699. The number of nitrogens with zero attached hydrogens (tertiary/aromatic N) is 2. The molecule has 0 aromatic rings. The summed E-state index contributed by atoms with van der Waals surface area (Å²) in [6.45, 7) is 9.28. The van der Waals surface area contributed by atoms with E-state index in [4.69, 9.17) is 0 Å². The molecule has 1 atom stereocenters. The zero-order valence-electron chi connectivity index (χ0n) is 11.2. The molecule has 0 aliphatic carbocycles. The van der Waals surface area contributed by atoms with Crippen molar-refractivity contribution in [1.29, 1.82) is 0 Å². The van der Waals surface area contributed by atoms with E-state index in [1.807, 2.05) is 7.05 Å². The predicted molar refractivity (Wildman–Crippen MR) is 68.4 cm³/mol. The Balaban J connectivity index is 3.69. The number of rotatable bonds is 9. The fourth-order valence-electron chi connectivity index (χ4n) is 1.82. The fraction of sp³-hybridized carbons (Fsp3) is 1.00. The minimum atomic E-state index is 0.699. The van der Waals surface area contributed by atoms with Crippen LogP contribution in [0.5, 0.6) is 0 Å². The molecule has 3 heteroatoms. The first-order chi connectivity index (χ1) is 7.11. The first-order valence-corrected chi connectivity index (χ1v) is 6.15. The molecule has 0 saturated heterocycles. The summed E-state index contributed by atoms with van der Waals surface area (Å²) in [5.74, 6) is 0. The van der Waals surface area contributed by atoms with E-state index in [1.165, 1.54) is 25.9 Å². The van der Waals surface area contributed by atoms with Crippen LogP contribution in [0.1, 0.15) is 26.7 Å². The highest BCUT2D eigenvalue weighted by molar-refractivity contribution is 4.67. The molecule has 0 radical (unpaired) electrons. The van der Waals surface area contributed by atoms with Gasteiger partial charge in [0.25, 0.3) is 0 Å². The number of hydrogen-bond donors (Lipinski definition) is 1. The summed E-state index contributed by atoms with van der Waals surface area (Å²) in [6.07, 6.45) is 2.51. The van der Waals surface area contributed by atoms with Crippen molar-refractivity contribution in [2.75, 3.05) is 47.3 Å². The molecule has 0 aromatic heterocycles. The van der Waals surface area contributed by atoms with E-state index in [9.17, 15) is 0 Å². The third kappa shape index (κ3) is 7.77. The van der Waals surface area contributed by atoms with Crippen molar-refractivity contribution in [2.24, 2.45) is 0 Å². The summed E-state index contributed by atoms with van der Waals surface area (Å²) in [4.78, 5) is 4.83. The van der Waals surface area contributed by atoms with E-state index in [-0.39, 0.29) is 0 Å². The van der Waals surface area contributed by atoms with Crippen LogP contribution in [0.3, 0.4) is 0 Å². The maximum Gasteiger partial charge on any atom is 0.00789 e. The van der Waals surface area contributed by atoms with Gasteiger partial charge in [0, 0.05) is 6.04 Å². The van der Waals surface area contributed by atoms with E-state index >= 15 is 0 Å². The third-order valence-corrected chi connectivity index (χ3v) is 2.89. The highest BCUT2D eigenvalue weighted by Crippen LogP contribution is 2.04. The van der Waals surface area contributed by atoms with Crippen LogP contribution in [-0.2, 0) is 0 Å². The van der Waals surface area contributed by atoms with Crippen LogP contribution < -0.4 is 5.32 Å². The Labute approximate surface area is 95.8 Å². The second-order valence-electron chi connectivity index (χ2n) is 4.53. The SMILES string of the molecule is CCN(CCCN(C)C)C(C)CCNC. The highest BCUT2D eigenvalue weighted by Gasteiger charge is 2.10. The molecule has 0 fully saturated rings.